The van der Waals surface area contributed by atoms with Crippen LogP contribution in [0, 0.1) is 11.8 Å². The second-order valence-corrected chi connectivity index (χ2v) is 5.08. The lowest BCUT2D eigenvalue weighted by Crippen LogP contribution is -2.39. The second-order valence-electron chi connectivity index (χ2n) is 5.08. The van der Waals surface area contributed by atoms with Gasteiger partial charge < -0.3 is 11.1 Å². The van der Waals surface area contributed by atoms with Gasteiger partial charge in [-0.25, -0.2) is 0 Å². The van der Waals surface area contributed by atoms with E-state index in [-0.39, 0.29) is 0 Å². The molecule has 2 aliphatic rings. The Hall–Kier alpha value is -0.0800. The Bertz CT molecular complexity index is 160. The van der Waals surface area contributed by atoms with E-state index in [0.29, 0.717) is 0 Å². The van der Waals surface area contributed by atoms with Gasteiger partial charge in [0.25, 0.3) is 0 Å². The molecule has 2 aliphatic carbocycles. The van der Waals surface area contributed by atoms with Crippen molar-refractivity contribution in [3.05, 3.63) is 0 Å². The van der Waals surface area contributed by atoms with E-state index in [0.717, 1.165) is 24.4 Å². The molecule has 3 N–H and O–H groups in total. The summed E-state index contributed by atoms with van der Waals surface area (Å²) in [6.07, 6.45) is 9.92. The Morgan fingerprint density at radius 2 is 1.79 bits per heavy atom. The number of hydrogen-bond acceptors (Lipinski definition) is 2. The Balaban J connectivity index is 1.65. The summed E-state index contributed by atoms with van der Waals surface area (Å²) < 4.78 is 0. The molecule has 0 aromatic carbocycles. The number of rotatable bonds is 5. The molecular weight excluding hydrogens is 172 g/mol. The fraction of sp³-hybridized carbons (Fsp3) is 1.00. The monoisotopic (exact) mass is 196 g/mol. The fourth-order valence-corrected chi connectivity index (χ4v) is 2.80. The molecule has 2 saturated carbocycles. The fourth-order valence-electron chi connectivity index (χ4n) is 2.80. The van der Waals surface area contributed by atoms with Crippen LogP contribution in [0.3, 0.4) is 0 Å². The number of nitrogens with two attached hydrogens (primary N) is 1. The maximum absolute atomic E-state index is 5.83. The van der Waals surface area contributed by atoms with Crippen molar-refractivity contribution in [1.82, 2.24) is 5.32 Å². The van der Waals surface area contributed by atoms with Crippen LogP contribution in [0.5, 0.6) is 0 Å². The molecule has 0 bridgehead atoms. The quantitative estimate of drug-likeness (QED) is 0.705. The van der Waals surface area contributed by atoms with Crippen LogP contribution in [0.2, 0.25) is 0 Å². The standard InChI is InChI=1S/C12H24N2/c13-8-11(10-4-3-5-10)9-14-12-6-1-2-7-12/h10-12,14H,1-9,13H2. The van der Waals surface area contributed by atoms with E-state index >= 15 is 0 Å². The van der Waals surface area contributed by atoms with Crippen LogP contribution >= 0.6 is 0 Å². The summed E-state index contributed by atoms with van der Waals surface area (Å²) in [6, 6.07) is 0.809. The third-order valence-corrected chi connectivity index (χ3v) is 4.14. The van der Waals surface area contributed by atoms with Crippen LogP contribution in [-0.4, -0.2) is 19.1 Å². The molecule has 82 valence electrons. The zero-order valence-electron chi connectivity index (χ0n) is 9.17. The third-order valence-electron chi connectivity index (χ3n) is 4.14. The van der Waals surface area contributed by atoms with Crippen LogP contribution in [0.4, 0.5) is 0 Å². The summed E-state index contributed by atoms with van der Waals surface area (Å²) in [7, 11) is 0. The predicted molar refractivity (Wildman–Crippen MR) is 60.1 cm³/mol. The molecule has 0 aromatic rings. The van der Waals surface area contributed by atoms with E-state index in [2.05, 4.69) is 5.32 Å². The molecule has 2 rings (SSSR count). The van der Waals surface area contributed by atoms with Gasteiger partial charge in [0, 0.05) is 6.04 Å². The van der Waals surface area contributed by atoms with Crippen molar-refractivity contribution in [3.63, 3.8) is 0 Å². The summed E-state index contributed by atoms with van der Waals surface area (Å²) in [5, 5.41) is 3.70. The first-order valence-electron chi connectivity index (χ1n) is 6.33. The van der Waals surface area contributed by atoms with E-state index in [1.165, 1.54) is 51.5 Å². The highest BCUT2D eigenvalue weighted by molar-refractivity contribution is 4.82. The van der Waals surface area contributed by atoms with Gasteiger partial charge in [0.05, 0.1) is 0 Å². The lowest BCUT2D eigenvalue weighted by Gasteiger charge is -2.34. The molecule has 0 spiro atoms. The maximum atomic E-state index is 5.83. The second kappa shape index (κ2) is 5.13. The maximum Gasteiger partial charge on any atom is 0.00671 e. The molecular formula is C12H24N2. The topological polar surface area (TPSA) is 38.0 Å². The average molecular weight is 196 g/mol. The van der Waals surface area contributed by atoms with E-state index < -0.39 is 0 Å². The van der Waals surface area contributed by atoms with Gasteiger partial charge in [0.2, 0.25) is 0 Å². The largest absolute Gasteiger partial charge is 0.330 e. The zero-order valence-corrected chi connectivity index (χ0v) is 9.17. The highest BCUT2D eigenvalue weighted by Gasteiger charge is 2.26. The van der Waals surface area contributed by atoms with Crippen molar-refractivity contribution in [2.75, 3.05) is 13.1 Å². The molecule has 0 amide bonds. The minimum Gasteiger partial charge on any atom is -0.330 e. The van der Waals surface area contributed by atoms with Crippen molar-refractivity contribution < 1.29 is 0 Å². The van der Waals surface area contributed by atoms with Gasteiger partial charge in [0.15, 0.2) is 0 Å². The minimum absolute atomic E-state index is 0.754. The van der Waals surface area contributed by atoms with Gasteiger partial charge in [-0.15, -0.1) is 0 Å². The summed E-state index contributed by atoms with van der Waals surface area (Å²) in [4.78, 5) is 0. The number of nitrogens with one attached hydrogen (secondary N) is 1. The molecule has 14 heavy (non-hydrogen) atoms. The molecule has 0 radical (unpaired) electrons. The summed E-state index contributed by atoms with van der Waals surface area (Å²) in [5.41, 5.74) is 5.83. The first kappa shape index (κ1) is 10.4. The molecule has 0 aliphatic heterocycles. The van der Waals surface area contributed by atoms with Gasteiger partial charge in [0.1, 0.15) is 0 Å². The van der Waals surface area contributed by atoms with Crippen molar-refractivity contribution >= 4 is 0 Å². The lowest BCUT2D eigenvalue weighted by molar-refractivity contribution is 0.201. The SMILES string of the molecule is NCC(CNC1CCCC1)C1CCC1. The van der Waals surface area contributed by atoms with Crippen molar-refractivity contribution in [1.29, 1.82) is 0 Å². The molecule has 2 nitrogen and oxygen atoms in total. The van der Waals surface area contributed by atoms with Crippen molar-refractivity contribution in [2.45, 2.75) is 51.0 Å². The first-order chi connectivity index (χ1) is 6.90. The molecule has 1 atom stereocenters. The van der Waals surface area contributed by atoms with Crippen LogP contribution < -0.4 is 11.1 Å². The zero-order chi connectivity index (χ0) is 9.80. The smallest absolute Gasteiger partial charge is 0.00671 e. The predicted octanol–water partition coefficient (Wildman–Crippen LogP) is 1.89. The van der Waals surface area contributed by atoms with Gasteiger partial charge in [-0.2, -0.15) is 0 Å². The van der Waals surface area contributed by atoms with E-state index in [4.69, 9.17) is 5.73 Å². The minimum atomic E-state index is 0.754. The third kappa shape index (κ3) is 2.48. The van der Waals surface area contributed by atoms with Gasteiger partial charge in [-0.1, -0.05) is 32.1 Å². The summed E-state index contributed by atoms with van der Waals surface area (Å²) in [6.45, 7) is 2.05. The Morgan fingerprint density at radius 3 is 2.29 bits per heavy atom. The van der Waals surface area contributed by atoms with E-state index in [1.807, 2.05) is 0 Å². The highest BCUT2D eigenvalue weighted by atomic mass is 14.9. The summed E-state index contributed by atoms with van der Waals surface area (Å²) in [5.74, 6) is 1.69. The Morgan fingerprint density at radius 1 is 1.07 bits per heavy atom. The van der Waals surface area contributed by atoms with Crippen LogP contribution in [0.1, 0.15) is 44.9 Å². The van der Waals surface area contributed by atoms with Gasteiger partial charge in [-0.05, 0) is 37.8 Å². The normalized spacial score (nSPS) is 26.4. The van der Waals surface area contributed by atoms with E-state index in [1.54, 1.807) is 0 Å². The van der Waals surface area contributed by atoms with Crippen LogP contribution in [0.25, 0.3) is 0 Å². The average Bonchev–Trinajstić information content (AvgIpc) is 2.61. The lowest BCUT2D eigenvalue weighted by atomic mass is 9.76. The van der Waals surface area contributed by atoms with Gasteiger partial charge >= 0.3 is 0 Å². The Kier molecular flexibility index (Phi) is 3.82. The van der Waals surface area contributed by atoms with Crippen molar-refractivity contribution in [3.8, 4) is 0 Å². The van der Waals surface area contributed by atoms with E-state index in [9.17, 15) is 0 Å². The summed E-state index contributed by atoms with van der Waals surface area (Å²) >= 11 is 0. The molecule has 0 aromatic heterocycles. The van der Waals surface area contributed by atoms with Crippen LogP contribution in [-0.2, 0) is 0 Å². The molecule has 0 heterocycles. The van der Waals surface area contributed by atoms with Gasteiger partial charge in [-0.3, -0.25) is 0 Å². The molecule has 0 saturated heterocycles. The molecule has 2 heteroatoms. The molecule has 2 fully saturated rings. The van der Waals surface area contributed by atoms with Crippen LogP contribution in [0.15, 0.2) is 0 Å². The number of hydrogen-bond donors (Lipinski definition) is 2. The Labute approximate surface area is 87.6 Å². The highest BCUT2D eigenvalue weighted by Crippen LogP contribution is 2.32. The molecule has 1 unspecified atom stereocenters. The first-order valence-corrected chi connectivity index (χ1v) is 6.33. The van der Waals surface area contributed by atoms with Crippen molar-refractivity contribution in [2.24, 2.45) is 17.6 Å².